The summed E-state index contributed by atoms with van der Waals surface area (Å²) in [6.45, 7) is 4.68. The fourth-order valence-electron chi connectivity index (χ4n) is 3.27. The normalized spacial score (nSPS) is 15.5. The third kappa shape index (κ3) is 3.17. The van der Waals surface area contributed by atoms with E-state index in [9.17, 15) is 5.11 Å². The molecule has 3 rings (SSSR count). The molecule has 1 aliphatic carbocycles. The first-order valence-corrected chi connectivity index (χ1v) is 7.95. The van der Waals surface area contributed by atoms with Crippen molar-refractivity contribution >= 4 is 0 Å². The molecule has 1 heteroatoms. The van der Waals surface area contributed by atoms with Crippen LogP contribution in [0.1, 0.15) is 48.9 Å². The van der Waals surface area contributed by atoms with Crippen LogP contribution < -0.4 is 0 Å². The smallest absolute Gasteiger partial charge is 0.116 e. The van der Waals surface area contributed by atoms with Crippen molar-refractivity contribution < 1.29 is 5.11 Å². The molecular formula is C21H22O. The van der Waals surface area contributed by atoms with Crippen molar-refractivity contribution in [1.29, 1.82) is 0 Å². The van der Waals surface area contributed by atoms with Crippen LogP contribution in [0.15, 0.2) is 42.5 Å². The minimum absolute atomic E-state index is 0.266. The average Bonchev–Trinajstić information content (AvgIpc) is 2.48. The van der Waals surface area contributed by atoms with Crippen molar-refractivity contribution in [2.45, 2.75) is 44.9 Å². The van der Waals surface area contributed by atoms with Gasteiger partial charge in [-0.3, -0.25) is 0 Å². The first-order chi connectivity index (χ1) is 10.5. The topological polar surface area (TPSA) is 20.2 Å². The van der Waals surface area contributed by atoms with Crippen molar-refractivity contribution in [3.8, 4) is 17.6 Å². The second-order valence-electron chi connectivity index (χ2n) is 6.76. The van der Waals surface area contributed by atoms with E-state index in [0.29, 0.717) is 0 Å². The van der Waals surface area contributed by atoms with E-state index in [1.807, 2.05) is 12.1 Å². The molecule has 22 heavy (non-hydrogen) atoms. The van der Waals surface area contributed by atoms with Crippen LogP contribution in [0.25, 0.3) is 0 Å². The maximum atomic E-state index is 9.45. The highest BCUT2D eigenvalue weighted by molar-refractivity contribution is 5.42. The van der Waals surface area contributed by atoms with E-state index in [1.54, 1.807) is 12.1 Å². The third-order valence-corrected chi connectivity index (χ3v) is 4.52. The molecule has 0 amide bonds. The maximum absolute atomic E-state index is 9.45. The highest BCUT2D eigenvalue weighted by atomic mass is 16.3. The molecule has 0 saturated carbocycles. The van der Waals surface area contributed by atoms with Gasteiger partial charge in [-0.15, -0.1) is 0 Å². The highest BCUT2D eigenvalue weighted by Gasteiger charge is 2.27. The summed E-state index contributed by atoms with van der Waals surface area (Å²) in [4.78, 5) is 0. The summed E-state index contributed by atoms with van der Waals surface area (Å²) in [5.41, 5.74) is 5.42. The molecule has 0 fully saturated rings. The molecule has 2 aromatic carbocycles. The summed E-state index contributed by atoms with van der Waals surface area (Å²) in [7, 11) is 0. The zero-order chi connectivity index (χ0) is 15.6. The van der Waals surface area contributed by atoms with Crippen LogP contribution in [0.4, 0.5) is 0 Å². The second-order valence-corrected chi connectivity index (χ2v) is 6.76. The summed E-state index contributed by atoms with van der Waals surface area (Å²) >= 11 is 0. The van der Waals surface area contributed by atoms with Gasteiger partial charge in [0.05, 0.1) is 0 Å². The number of rotatable bonds is 1. The van der Waals surface area contributed by atoms with E-state index >= 15 is 0 Å². The van der Waals surface area contributed by atoms with Crippen LogP contribution in [-0.2, 0) is 18.3 Å². The molecule has 0 unspecified atom stereocenters. The summed E-state index contributed by atoms with van der Waals surface area (Å²) in [6.07, 6.45) is 4.50. The van der Waals surface area contributed by atoms with Gasteiger partial charge in [-0.05, 0) is 59.6 Å². The van der Waals surface area contributed by atoms with Crippen LogP contribution in [0.5, 0.6) is 5.75 Å². The molecule has 0 radical (unpaired) electrons. The van der Waals surface area contributed by atoms with E-state index < -0.39 is 0 Å². The quantitative estimate of drug-likeness (QED) is 0.761. The van der Waals surface area contributed by atoms with Crippen molar-refractivity contribution in [1.82, 2.24) is 0 Å². The van der Waals surface area contributed by atoms with Gasteiger partial charge in [0.1, 0.15) is 5.75 Å². The Bertz CT molecular complexity index is 744. The molecule has 112 valence electrons. The minimum atomic E-state index is 0.266. The SMILES string of the molecule is CC1(C)CCCc2ccc(CC#Cc3cccc(O)c3)cc21. The number of phenols is 1. The summed E-state index contributed by atoms with van der Waals surface area (Å²) in [6, 6.07) is 13.9. The van der Waals surface area contributed by atoms with Crippen molar-refractivity contribution in [2.75, 3.05) is 0 Å². The lowest BCUT2D eigenvalue weighted by molar-refractivity contribution is 0.431. The molecule has 0 saturated heterocycles. The number of hydrogen-bond donors (Lipinski definition) is 1. The van der Waals surface area contributed by atoms with Crippen LogP contribution >= 0.6 is 0 Å². The van der Waals surface area contributed by atoms with Gasteiger partial charge < -0.3 is 5.11 Å². The van der Waals surface area contributed by atoms with E-state index in [0.717, 1.165) is 12.0 Å². The van der Waals surface area contributed by atoms with E-state index in [4.69, 9.17) is 0 Å². The Kier molecular flexibility index (Phi) is 3.94. The molecule has 0 bridgehead atoms. The Balaban J connectivity index is 1.80. The van der Waals surface area contributed by atoms with Gasteiger partial charge in [-0.1, -0.05) is 50.0 Å². The fraction of sp³-hybridized carbons (Fsp3) is 0.333. The van der Waals surface area contributed by atoms with Gasteiger partial charge in [0.15, 0.2) is 0 Å². The van der Waals surface area contributed by atoms with Crippen LogP contribution in [0, 0.1) is 11.8 Å². The predicted octanol–water partition coefficient (Wildman–Crippen LogP) is 4.60. The number of hydrogen-bond acceptors (Lipinski definition) is 1. The van der Waals surface area contributed by atoms with Crippen molar-refractivity contribution in [3.05, 3.63) is 64.7 Å². The zero-order valence-corrected chi connectivity index (χ0v) is 13.3. The Morgan fingerprint density at radius 1 is 1.14 bits per heavy atom. The van der Waals surface area contributed by atoms with Gasteiger partial charge in [0.25, 0.3) is 0 Å². The standard InChI is InChI=1S/C21H22O/c1-21(2)13-5-9-18-12-11-17(15-20(18)21)7-3-6-16-8-4-10-19(22)14-16/h4,8,10-12,14-15,22H,5,7,9,13H2,1-2H3. The highest BCUT2D eigenvalue weighted by Crippen LogP contribution is 2.37. The number of aryl methyl sites for hydroxylation is 1. The van der Waals surface area contributed by atoms with Crippen molar-refractivity contribution in [2.24, 2.45) is 0 Å². The Labute approximate surface area is 133 Å². The monoisotopic (exact) mass is 290 g/mol. The Morgan fingerprint density at radius 2 is 2.00 bits per heavy atom. The van der Waals surface area contributed by atoms with Gasteiger partial charge in [0.2, 0.25) is 0 Å². The lowest BCUT2D eigenvalue weighted by Gasteiger charge is -2.32. The first kappa shape index (κ1) is 14.7. The molecule has 2 aromatic rings. The fourth-order valence-corrected chi connectivity index (χ4v) is 3.27. The molecule has 0 aromatic heterocycles. The summed E-state index contributed by atoms with van der Waals surface area (Å²) in [5.74, 6) is 6.61. The summed E-state index contributed by atoms with van der Waals surface area (Å²) in [5, 5.41) is 9.45. The lowest BCUT2D eigenvalue weighted by Crippen LogP contribution is -2.23. The zero-order valence-electron chi connectivity index (χ0n) is 13.3. The van der Waals surface area contributed by atoms with E-state index in [2.05, 4.69) is 43.9 Å². The van der Waals surface area contributed by atoms with Crippen LogP contribution in [-0.4, -0.2) is 5.11 Å². The minimum Gasteiger partial charge on any atom is -0.508 e. The lowest BCUT2D eigenvalue weighted by atomic mass is 9.72. The first-order valence-electron chi connectivity index (χ1n) is 7.95. The maximum Gasteiger partial charge on any atom is 0.116 e. The van der Waals surface area contributed by atoms with Crippen molar-refractivity contribution in [3.63, 3.8) is 0 Å². The summed E-state index contributed by atoms with van der Waals surface area (Å²) < 4.78 is 0. The average molecular weight is 290 g/mol. The number of benzene rings is 2. The van der Waals surface area contributed by atoms with Gasteiger partial charge in [-0.2, -0.15) is 0 Å². The van der Waals surface area contributed by atoms with E-state index in [1.165, 1.54) is 36.0 Å². The molecule has 1 N–H and O–H groups in total. The molecular weight excluding hydrogens is 268 g/mol. The molecule has 1 nitrogen and oxygen atoms in total. The van der Waals surface area contributed by atoms with Crippen LogP contribution in [0.2, 0.25) is 0 Å². The molecule has 0 heterocycles. The largest absolute Gasteiger partial charge is 0.508 e. The Morgan fingerprint density at radius 3 is 2.82 bits per heavy atom. The van der Waals surface area contributed by atoms with Crippen LogP contribution in [0.3, 0.4) is 0 Å². The molecule has 0 atom stereocenters. The predicted molar refractivity (Wildman–Crippen MR) is 91.1 cm³/mol. The number of fused-ring (bicyclic) bond motifs is 1. The molecule has 0 spiro atoms. The number of phenolic OH excluding ortho intramolecular Hbond substituents is 1. The van der Waals surface area contributed by atoms with Gasteiger partial charge in [-0.25, -0.2) is 0 Å². The third-order valence-electron chi connectivity index (χ3n) is 4.52. The van der Waals surface area contributed by atoms with Gasteiger partial charge in [0, 0.05) is 12.0 Å². The molecule has 0 aliphatic heterocycles. The number of aromatic hydroxyl groups is 1. The molecule has 1 aliphatic rings. The van der Waals surface area contributed by atoms with Gasteiger partial charge >= 0.3 is 0 Å². The second kappa shape index (κ2) is 5.89. The van der Waals surface area contributed by atoms with E-state index in [-0.39, 0.29) is 11.2 Å². The Hall–Kier alpha value is -2.20.